The van der Waals surface area contributed by atoms with E-state index in [0.29, 0.717) is 10.5 Å². The first-order chi connectivity index (χ1) is 9.06. The van der Waals surface area contributed by atoms with Crippen LogP contribution in [0.3, 0.4) is 0 Å². The number of hydrogen-bond donors (Lipinski definition) is 0. The Bertz CT molecular complexity index is 616. The van der Waals surface area contributed by atoms with E-state index in [4.69, 9.17) is 0 Å². The molecule has 0 aliphatic heterocycles. The van der Waals surface area contributed by atoms with Crippen LogP contribution in [0.15, 0.2) is 51.8 Å². The van der Waals surface area contributed by atoms with Gasteiger partial charge in [-0.1, -0.05) is 28.1 Å². The lowest BCUT2D eigenvalue weighted by atomic mass is 10.2. The van der Waals surface area contributed by atoms with Crippen LogP contribution < -0.4 is 0 Å². The molecule has 0 radical (unpaired) electrons. The third kappa shape index (κ3) is 3.88. The van der Waals surface area contributed by atoms with Gasteiger partial charge in [0.25, 0.3) is 0 Å². The molecule has 2 aromatic rings. The average Bonchev–Trinajstić information content (AvgIpc) is 2.40. The van der Waals surface area contributed by atoms with Crippen LogP contribution >= 0.6 is 27.7 Å². The zero-order valence-corrected chi connectivity index (χ0v) is 12.1. The summed E-state index contributed by atoms with van der Waals surface area (Å²) in [6.45, 7) is 0. The molecule has 0 N–H and O–H groups in total. The quantitative estimate of drug-likeness (QED) is 0.591. The molecule has 0 saturated carbocycles. The van der Waals surface area contributed by atoms with Crippen molar-refractivity contribution in [1.29, 1.82) is 0 Å². The van der Waals surface area contributed by atoms with Crippen LogP contribution in [0.4, 0.5) is 8.78 Å². The van der Waals surface area contributed by atoms with Crippen molar-refractivity contribution in [1.82, 2.24) is 0 Å². The molecule has 0 spiro atoms. The van der Waals surface area contributed by atoms with Crippen LogP contribution in [-0.2, 0) is 0 Å². The highest BCUT2D eigenvalue weighted by Gasteiger charge is 2.08. The maximum atomic E-state index is 13.0. The molecule has 0 unspecified atom stereocenters. The number of rotatable bonds is 4. The zero-order valence-electron chi connectivity index (χ0n) is 9.70. The van der Waals surface area contributed by atoms with E-state index in [2.05, 4.69) is 15.9 Å². The highest BCUT2D eigenvalue weighted by atomic mass is 79.9. The third-order valence-electron chi connectivity index (χ3n) is 2.41. The maximum Gasteiger partial charge on any atom is 0.173 e. The molecular weight excluding hydrogens is 334 g/mol. The smallest absolute Gasteiger partial charge is 0.173 e. The molecule has 0 atom stereocenters. The first-order valence-electron chi connectivity index (χ1n) is 5.43. The Labute approximate surface area is 122 Å². The Hall–Kier alpha value is -1.20. The molecule has 19 heavy (non-hydrogen) atoms. The van der Waals surface area contributed by atoms with E-state index < -0.39 is 11.6 Å². The lowest BCUT2D eigenvalue weighted by Crippen LogP contribution is -2.02. The van der Waals surface area contributed by atoms with Crippen LogP contribution in [0.25, 0.3) is 0 Å². The molecule has 0 amide bonds. The van der Waals surface area contributed by atoms with Gasteiger partial charge in [-0.2, -0.15) is 0 Å². The summed E-state index contributed by atoms with van der Waals surface area (Å²) in [5, 5.41) is 0. The van der Waals surface area contributed by atoms with Gasteiger partial charge in [0.1, 0.15) is 0 Å². The van der Waals surface area contributed by atoms with E-state index in [-0.39, 0.29) is 11.5 Å². The molecule has 0 aliphatic rings. The zero-order chi connectivity index (χ0) is 13.8. The van der Waals surface area contributed by atoms with Gasteiger partial charge in [0, 0.05) is 14.9 Å². The van der Waals surface area contributed by atoms with Gasteiger partial charge in [0.15, 0.2) is 17.4 Å². The fourth-order valence-electron chi connectivity index (χ4n) is 1.46. The molecule has 2 aromatic carbocycles. The van der Waals surface area contributed by atoms with Crippen molar-refractivity contribution in [3.63, 3.8) is 0 Å². The SMILES string of the molecule is O=C(CSc1ccc(F)c(F)c1)c1cccc(Br)c1. The number of Topliss-reactive ketones (excluding diaryl/α,β-unsaturated/α-hetero) is 1. The van der Waals surface area contributed by atoms with Gasteiger partial charge in [-0.25, -0.2) is 8.78 Å². The van der Waals surface area contributed by atoms with E-state index in [9.17, 15) is 13.6 Å². The topological polar surface area (TPSA) is 17.1 Å². The third-order valence-corrected chi connectivity index (χ3v) is 3.89. The summed E-state index contributed by atoms with van der Waals surface area (Å²) in [7, 11) is 0. The number of thioether (sulfide) groups is 1. The Balaban J connectivity index is 2.02. The molecule has 1 nitrogen and oxygen atoms in total. The molecule has 0 bridgehead atoms. The standard InChI is InChI=1S/C14H9BrF2OS/c15-10-3-1-2-9(6-10)14(18)8-19-11-4-5-12(16)13(17)7-11/h1-7H,8H2. The number of ketones is 1. The van der Waals surface area contributed by atoms with Crippen LogP contribution in [0.1, 0.15) is 10.4 Å². The second-order valence-electron chi connectivity index (χ2n) is 3.80. The van der Waals surface area contributed by atoms with Gasteiger partial charge in [0.05, 0.1) is 5.75 Å². The molecular formula is C14H9BrF2OS. The second kappa shape index (κ2) is 6.30. The van der Waals surface area contributed by atoms with Crippen molar-refractivity contribution in [2.24, 2.45) is 0 Å². The summed E-state index contributed by atoms with van der Waals surface area (Å²) in [4.78, 5) is 12.4. The Kier molecular flexibility index (Phi) is 4.71. The fourth-order valence-corrected chi connectivity index (χ4v) is 2.68. The highest BCUT2D eigenvalue weighted by molar-refractivity contribution is 9.10. The summed E-state index contributed by atoms with van der Waals surface area (Å²) in [5.74, 6) is -1.67. The highest BCUT2D eigenvalue weighted by Crippen LogP contribution is 2.22. The summed E-state index contributed by atoms with van der Waals surface area (Å²) in [5.41, 5.74) is 0.587. The normalized spacial score (nSPS) is 10.5. The van der Waals surface area contributed by atoms with E-state index in [1.807, 2.05) is 6.07 Å². The number of halogens is 3. The van der Waals surface area contributed by atoms with Crippen molar-refractivity contribution in [3.8, 4) is 0 Å². The van der Waals surface area contributed by atoms with Crippen molar-refractivity contribution in [2.75, 3.05) is 5.75 Å². The average molecular weight is 343 g/mol. The monoisotopic (exact) mass is 342 g/mol. The Morgan fingerprint density at radius 3 is 2.58 bits per heavy atom. The molecule has 0 aliphatic carbocycles. The predicted octanol–water partition coefficient (Wildman–Crippen LogP) is 4.70. The minimum absolute atomic E-state index is 0.0592. The lowest BCUT2D eigenvalue weighted by Gasteiger charge is -2.03. The minimum Gasteiger partial charge on any atom is -0.293 e. The van der Waals surface area contributed by atoms with Crippen molar-refractivity contribution in [3.05, 3.63) is 64.1 Å². The second-order valence-corrected chi connectivity index (χ2v) is 5.76. The summed E-state index contributed by atoms with van der Waals surface area (Å²) >= 11 is 4.47. The number of benzene rings is 2. The van der Waals surface area contributed by atoms with E-state index in [1.165, 1.54) is 17.8 Å². The van der Waals surface area contributed by atoms with E-state index >= 15 is 0 Å². The first kappa shape index (κ1) is 14.2. The number of carbonyl (C=O) groups excluding carboxylic acids is 1. The van der Waals surface area contributed by atoms with Crippen molar-refractivity contribution < 1.29 is 13.6 Å². The van der Waals surface area contributed by atoms with Gasteiger partial charge in [-0.05, 0) is 30.3 Å². The van der Waals surface area contributed by atoms with E-state index in [1.54, 1.807) is 18.2 Å². The maximum absolute atomic E-state index is 13.0. The van der Waals surface area contributed by atoms with Crippen molar-refractivity contribution >= 4 is 33.5 Å². The van der Waals surface area contributed by atoms with Gasteiger partial charge < -0.3 is 0 Å². The number of hydrogen-bond acceptors (Lipinski definition) is 2. The predicted molar refractivity (Wildman–Crippen MR) is 75.6 cm³/mol. The number of carbonyl (C=O) groups is 1. The first-order valence-corrected chi connectivity index (χ1v) is 7.21. The molecule has 0 heterocycles. The molecule has 2 rings (SSSR count). The summed E-state index contributed by atoms with van der Waals surface area (Å²) < 4.78 is 26.6. The minimum atomic E-state index is -0.903. The van der Waals surface area contributed by atoms with E-state index in [0.717, 1.165) is 16.6 Å². The van der Waals surface area contributed by atoms with Crippen LogP contribution in [0.5, 0.6) is 0 Å². The fraction of sp³-hybridized carbons (Fsp3) is 0.0714. The largest absolute Gasteiger partial charge is 0.293 e. The van der Waals surface area contributed by atoms with Crippen LogP contribution in [0.2, 0.25) is 0 Å². The molecule has 98 valence electrons. The molecule has 0 aromatic heterocycles. The summed E-state index contributed by atoms with van der Waals surface area (Å²) in [6.07, 6.45) is 0. The Morgan fingerprint density at radius 2 is 1.89 bits per heavy atom. The summed E-state index contributed by atoms with van der Waals surface area (Å²) in [6, 6.07) is 10.7. The lowest BCUT2D eigenvalue weighted by molar-refractivity contribution is 0.102. The molecule has 0 fully saturated rings. The van der Waals surface area contributed by atoms with Crippen LogP contribution in [0, 0.1) is 11.6 Å². The molecule has 0 saturated heterocycles. The van der Waals surface area contributed by atoms with Gasteiger partial charge in [0.2, 0.25) is 0 Å². The van der Waals surface area contributed by atoms with Crippen LogP contribution in [-0.4, -0.2) is 11.5 Å². The van der Waals surface area contributed by atoms with Gasteiger partial charge in [-0.3, -0.25) is 4.79 Å². The molecule has 5 heteroatoms. The van der Waals surface area contributed by atoms with Gasteiger partial charge >= 0.3 is 0 Å². The van der Waals surface area contributed by atoms with Crippen molar-refractivity contribution in [2.45, 2.75) is 4.90 Å². The Morgan fingerprint density at radius 1 is 1.11 bits per heavy atom. The van der Waals surface area contributed by atoms with Gasteiger partial charge in [-0.15, -0.1) is 11.8 Å².